The smallest absolute Gasteiger partial charge is 0.343 e. The van der Waals surface area contributed by atoms with Crippen LogP contribution in [0.4, 0.5) is 0 Å². The number of aliphatic hydroxyl groups is 1. The molecule has 3 N–H and O–H groups in total. The molecule has 2 aromatic heterocycles. The molecule has 0 spiro atoms. The number of rotatable bonds is 5. The number of ether oxygens (including phenoxy) is 2. The Morgan fingerprint density at radius 3 is 2.76 bits per heavy atom. The molecule has 0 radical (unpaired) electrons. The first-order valence-electron chi connectivity index (χ1n) is 11.4. The Labute approximate surface area is 191 Å². The third-order valence-corrected chi connectivity index (χ3v) is 6.78. The summed E-state index contributed by atoms with van der Waals surface area (Å²) in [6.45, 7) is 5.91. The summed E-state index contributed by atoms with van der Waals surface area (Å²) in [5.41, 5.74) is 8.53. The Morgan fingerprint density at radius 2 is 2.06 bits per heavy atom. The molecule has 0 amide bonds. The number of nitrogens with two attached hydrogens (primary N) is 1. The molecule has 0 saturated carbocycles. The monoisotopic (exact) mass is 449 g/mol. The lowest BCUT2D eigenvalue weighted by Crippen LogP contribution is -2.44. The molecule has 5 rings (SSSR count). The summed E-state index contributed by atoms with van der Waals surface area (Å²) in [5, 5.41) is 11.9. The molecular formula is C25H27N3O5. The van der Waals surface area contributed by atoms with E-state index in [1.165, 1.54) is 0 Å². The molecule has 0 bridgehead atoms. The van der Waals surface area contributed by atoms with E-state index in [2.05, 4.69) is 6.92 Å². The van der Waals surface area contributed by atoms with Crippen molar-refractivity contribution in [3.63, 3.8) is 0 Å². The van der Waals surface area contributed by atoms with Gasteiger partial charge in [0.1, 0.15) is 18.6 Å². The van der Waals surface area contributed by atoms with Gasteiger partial charge in [0.2, 0.25) is 0 Å². The van der Waals surface area contributed by atoms with Gasteiger partial charge in [0.05, 0.1) is 29.0 Å². The highest BCUT2D eigenvalue weighted by Gasteiger charge is 2.45. The average molecular weight is 450 g/mol. The zero-order valence-corrected chi connectivity index (χ0v) is 19.0. The maximum atomic E-state index is 13.3. The second-order valence-corrected chi connectivity index (χ2v) is 8.64. The van der Waals surface area contributed by atoms with Crippen molar-refractivity contribution in [2.45, 2.75) is 65.0 Å². The minimum atomic E-state index is -1.84. The van der Waals surface area contributed by atoms with Gasteiger partial charge in [0.25, 0.3) is 5.56 Å². The quantitative estimate of drug-likeness (QED) is 0.355. The van der Waals surface area contributed by atoms with Gasteiger partial charge in [0, 0.05) is 16.5 Å². The van der Waals surface area contributed by atoms with Crippen LogP contribution in [0.5, 0.6) is 5.75 Å². The number of carbonyl (C=O) groups is 1. The van der Waals surface area contributed by atoms with Crippen molar-refractivity contribution >= 4 is 16.9 Å². The molecule has 2 atom stereocenters. The number of hydrogen-bond donors (Lipinski definition) is 2. The number of cyclic esters (lactones) is 1. The molecule has 0 fully saturated rings. The van der Waals surface area contributed by atoms with E-state index < -0.39 is 17.8 Å². The summed E-state index contributed by atoms with van der Waals surface area (Å²) in [5.74, 6) is -0.0670. The SMILES string of the molecule is CCc1ccc(OC(N)CC)c2cc3c(nc12)-c1cc2c(c(=O)n1C3)COC(=O)[C@]2(O)CC. The highest BCUT2D eigenvalue weighted by atomic mass is 16.6. The van der Waals surface area contributed by atoms with Gasteiger partial charge in [-0.05, 0) is 43.0 Å². The molecule has 2 aliphatic rings. The van der Waals surface area contributed by atoms with Crippen molar-refractivity contribution in [3.05, 3.63) is 56.9 Å². The van der Waals surface area contributed by atoms with E-state index in [9.17, 15) is 14.7 Å². The van der Waals surface area contributed by atoms with Crippen molar-refractivity contribution in [2.75, 3.05) is 0 Å². The number of esters is 1. The van der Waals surface area contributed by atoms with Gasteiger partial charge in [-0.1, -0.05) is 26.8 Å². The summed E-state index contributed by atoms with van der Waals surface area (Å²) in [6.07, 6.45) is 1.13. The average Bonchev–Trinajstić information content (AvgIpc) is 3.18. The van der Waals surface area contributed by atoms with Crippen LogP contribution in [0.25, 0.3) is 22.3 Å². The molecule has 0 saturated heterocycles. The number of aryl methyl sites for hydroxylation is 1. The van der Waals surface area contributed by atoms with E-state index in [-0.39, 0.29) is 18.6 Å². The summed E-state index contributed by atoms with van der Waals surface area (Å²) in [4.78, 5) is 30.7. The predicted octanol–water partition coefficient (Wildman–Crippen LogP) is 2.72. The largest absolute Gasteiger partial charge is 0.475 e. The third kappa shape index (κ3) is 3.08. The van der Waals surface area contributed by atoms with Gasteiger partial charge in [-0.3, -0.25) is 10.5 Å². The van der Waals surface area contributed by atoms with Gasteiger partial charge in [-0.15, -0.1) is 0 Å². The molecule has 8 nitrogen and oxygen atoms in total. The fourth-order valence-electron chi connectivity index (χ4n) is 4.73. The first-order chi connectivity index (χ1) is 15.8. The lowest BCUT2D eigenvalue weighted by molar-refractivity contribution is -0.172. The fraction of sp³-hybridized carbons (Fsp3) is 0.400. The number of fused-ring (bicyclic) bond motifs is 5. The standard InChI is InChI=1S/C25H27N3O5/c1-4-13-7-8-19(33-20(26)5-2)15-9-14-11-28-18(22(14)27-21(13)15)10-17-16(23(28)29)12-32-24(30)25(17,31)6-3/h7-10,20,31H,4-6,11-12,26H2,1-3H3/t20?,25-/m0/s1. The number of carbonyl (C=O) groups excluding carboxylic acids is 1. The lowest BCUT2D eigenvalue weighted by atomic mass is 9.86. The van der Waals surface area contributed by atoms with E-state index in [0.29, 0.717) is 41.2 Å². The van der Waals surface area contributed by atoms with Crippen LogP contribution in [0.1, 0.15) is 55.9 Å². The molecule has 4 heterocycles. The van der Waals surface area contributed by atoms with E-state index in [1.54, 1.807) is 17.6 Å². The minimum absolute atomic E-state index is 0.109. The Bertz CT molecular complexity index is 1360. The van der Waals surface area contributed by atoms with Crippen molar-refractivity contribution in [1.82, 2.24) is 9.55 Å². The highest BCUT2D eigenvalue weighted by molar-refractivity contribution is 5.91. The summed E-state index contributed by atoms with van der Waals surface area (Å²) < 4.78 is 12.7. The van der Waals surface area contributed by atoms with E-state index in [0.717, 1.165) is 28.5 Å². The normalized spacial score (nSPS) is 19.6. The van der Waals surface area contributed by atoms with E-state index in [1.807, 2.05) is 25.1 Å². The van der Waals surface area contributed by atoms with Crippen molar-refractivity contribution < 1.29 is 19.4 Å². The van der Waals surface area contributed by atoms with Gasteiger partial charge in [0.15, 0.2) is 5.60 Å². The lowest BCUT2D eigenvalue weighted by Gasteiger charge is -2.31. The van der Waals surface area contributed by atoms with Crippen LogP contribution < -0.4 is 16.0 Å². The second-order valence-electron chi connectivity index (χ2n) is 8.64. The van der Waals surface area contributed by atoms with E-state index >= 15 is 0 Å². The summed E-state index contributed by atoms with van der Waals surface area (Å²) >= 11 is 0. The van der Waals surface area contributed by atoms with Crippen LogP contribution >= 0.6 is 0 Å². The molecule has 8 heteroatoms. The second kappa shape index (κ2) is 7.67. The van der Waals surface area contributed by atoms with Crippen LogP contribution in [0, 0.1) is 0 Å². The number of benzene rings is 1. The molecular weight excluding hydrogens is 422 g/mol. The number of pyridine rings is 2. The topological polar surface area (TPSA) is 117 Å². The molecule has 2 aliphatic heterocycles. The number of hydrogen-bond acceptors (Lipinski definition) is 7. The Balaban J connectivity index is 1.75. The van der Waals surface area contributed by atoms with Gasteiger partial charge in [-0.2, -0.15) is 0 Å². The summed E-state index contributed by atoms with van der Waals surface area (Å²) in [6, 6.07) is 7.64. The minimum Gasteiger partial charge on any atom is -0.475 e. The van der Waals surface area contributed by atoms with Gasteiger partial charge < -0.3 is 19.1 Å². The molecule has 0 aliphatic carbocycles. The van der Waals surface area contributed by atoms with Crippen LogP contribution in [0.15, 0.2) is 29.1 Å². The number of aromatic nitrogens is 2. The molecule has 33 heavy (non-hydrogen) atoms. The van der Waals surface area contributed by atoms with Crippen LogP contribution in [-0.2, 0) is 34.7 Å². The van der Waals surface area contributed by atoms with Crippen LogP contribution in [0.3, 0.4) is 0 Å². The molecule has 172 valence electrons. The maximum Gasteiger partial charge on any atom is 0.343 e. The third-order valence-electron chi connectivity index (χ3n) is 6.78. The number of nitrogens with zero attached hydrogens (tertiary/aromatic N) is 2. The highest BCUT2D eigenvalue weighted by Crippen LogP contribution is 2.40. The summed E-state index contributed by atoms with van der Waals surface area (Å²) in [7, 11) is 0. The molecule has 1 aromatic carbocycles. The maximum absolute atomic E-state index is 13.3. The molecule has 3 aromatic rings. The Morgan fingerprint density at radius 1 is 1.27 bits per heavy atom. The predicted molar refractivity (Wildman–Crippen MR) is 123 cm³/mol. The van der Waals surface area contributed by atoms with Gasteiger partial charge >= 0.3 is 5.97 Å². The first-order valence-corrected chi connectivity index (χ1v) is 11.4. The first kappa shape index (κ1) is 21.6. The fourth-order valence-corrected chi connectivity index (χ4v) is 4.73. The van der Waals surface area contributed by atoms with Crippen LogP contribution in [-0.4, -0.2) is 26.9 Å². The zero-order chi connectivity index (χ0) is 23.5. The molecule has 1 unspecified atom stereocenters. The Hall–Kier alpha value is -3.23. The van der Waals surface area contributed by atoms with Crippen molar-refractivity contribution in [1.29, 1.82) is 0 Å². The zero-order valence-electron chi connectivity index (χ0n) is 19.0. The Kier molecular flexibility index (Phi) is 5.02. The van der Waals surface area contributed by atoms with E-state index in [4.69, 9.17) is 20.2 Å². The van der Waals surface area contributed by atoms with Gasteiger partial charge in [-0.25, -0.2) is 9.78 Å². The van der Waals surface area contributed by atoms with Crippen molar-refractivity contribution in [2.24, 2.45) is 5.73 Å². The van der Waals surface area contributed by atoms with Crippen molar-refractivity contribution in [3.8, 4) is 17.1 Å². The van der Waals surface area contributed by atoms with Crippen LogP contribution in [0.2, 0.25) is 0 Å².